The lowest BCUT2D eigenvalue weighted by atomic mass is 10.0. The zero-order valence-corrected chi connectivity index (χ0v) is 13.8. The monoisotopic (exact) mass is 297 g/mol. The van der Waals surface area contributed by atoms with Gasteiger partial charge in [0.15, 0.2) is 0 Å². The van der Waals surface area contributed by atoms with Gasteiger partial charge in [0, 0.05) is 19.1 Å². The number of hydrogen-bond acceptors (Lipinski definition) is 4. The number of carbonyl (C=O) groups is 1. The Morgan fingerprint density at radius 2 is 2.10 bits per heavy atom. The van der Waals surface area contributed by atoms with Crippen molar-refractivity contribution in [1.29, 1.82) is 0 Å². The van der Waals surface area contributed by atoms with Crippen LogP contribution < -0.4 is 10.6 Å². The maximum absolute atomic E-state index is 12.0. The van der Waals surface area contributed by atoms with Gasteiger partial charge in [0.2, 0.25) is 0 Å². The molecule has 0 spiro atoms. The van der Waals surface area contributed by atoms with Gasteiger partial charge in [0.05, 0.1) is 0 Å². The van der Waals surface area contributed by atoms with Gasteiger partial charge in [-0.05, 0) is 72.0 Å². The third-order valence-corrected chi connectivity index (χ3v) is 4.23. The number of nitrogens with zero attached hydrogens (tertiary/aromatic N) is 1. The topological polar surface area (TPSA) is 53.6 Å². The quantitative estimate of drug-likeness (QED) is 0.836. The molecule has 21 heavy (non-hydrogen) atoms. The van der Waals surface area contributed by atoms with Crippen LogP contribution in [0, 0.1) is 5.92 Å². The van der Waals surface area contributed by atoms with E-state index in [4.69, 9.17) is 4.74 Å². The Morgan fingerprint density at radius 1 is 1.29 bits per heavy atom. The molecule has 2 fully saturated rings. The van der Waals surface area contributed by atoms with Gasteiger partial charge < -0.3 is 20.3 Å². The van der Waals surface area contributed by atoms with Crippen LogP contribution in [0.4, 0.5) is 4.79 Å². The average molecular weight is 297 g/mol. The molecule has 5 nitrogen and oxygen atoms in total. The molecule has 2 saturated heterocycles. The SMILES string of the molecule is CC(C)(C)OC(=O)N1CCC(NCC2CCCNCC2)C1. The van der Waals surface area contributed by atoms with E-state index in [-0.39, 0.29) is 6.09 Å². The van der Waals surface area contributed by atoms with Gasteiger partial charge in [-0.25, -0.2) is 4.79 Å². The van der Waals surface area contributed by atoms with Gasteiger partial charge in [-0.2, -0.15) is 0 Å². The Bertz CT molecular complexity index is 333. The second kappa shape index (κ2) is 7.45. The van der Waals surface area contributed by atoms with E-state index in [0.717, 1.165) is 45.1 Å². The van der Waals surface area contributed by atoms with Crippen LogP contribution in [0.5, 0.6) is 0 Å². The highest BCUT2D eigenvalue weighted by Crippen LogP contribution is 2.17. The molecule has 0 bridgehead atoms. The van der Waals surface area contributed by atoms with Gasteiger partial charge in [-0.15, -0.1) is 0 Å². The Balaban J connectivity index is 1.68. The first-order chi connectivity index (χ1) is 9.94. The van der Waals surface area contributed by atoms with Crippen LogP contribution in [0.25, 0.3) is 0 Å². The van der Waals surface area contributed by atoms with E-state index in [1.807, 2.05) is 25.7 Å². The van der Waals surface area contributed by atoms with E-state index < -0.39 is 5.60 Å². The number of likely N-dealkylation sites (tertiary alicyclic amines) is 1. The first kappa shape index (κ1) is 16.6. The number of ether oxygens (including phenoxy) is 1. The Labute approximate surface area is 128 Å². The Kier molecular flexibility index (Phi) is 5.88. The summed E-state index contributed by atoms with van der Waals surface area (Å²) < 4.78 is 5.43. The van der Waals surface area contributed by atoms with Crippen molar-refractivity contribution in [2.45, 2.75) is 58.1 Å². The minimum atomic E-state index is -0.407. The molecule has 0 aromatic heterocycles. The first-order valence-corrected chi connectivity index (χ1v) is 8.36. The first-order valence-electron chi connectivity index (χ1n) is 8.36. The van der Waals surface area contributed by atoms with E-state index in [1.165, 1.54) is 19.3 Å². The van der Waals surface area contributed by atoms with Crippen molar-refractivity contribution in [3.05, 3.63) is 0 Å². The predicted molar refractivity (Wildman–Crippen MR) is 84.4 cm³/mol. The maximum atomic E-state index is 12.0. The van der Waals surface area contributed by atoms with Crippen molar-refractivity contribution in [3.8, 4) is 0 Å². The lowest BCUT2D eigenvalue weighted by molar-refractivity contribution is 0.0291. The fourth-order valence-electron chi connectivity index (χ4n) is 3.05. The summed E-state index contributed by atoms with van der Waals surface area (Å²) in [7, 11) is 0. The largest absolute Gasteiger partial charge is 0.444 e. The van der Waals surface area contributed by atoms with Gasteiger partial charge in [-0.1, -0.05) is 0 Å². The molecule has 0 aliphatic carbocycles. The van der Waals surface area contributed by atoms with Crippen LogP contribution in [0.2, 0.25) is 0 Å². The fraction of sp³-hybridized carbons (Fsp3) is 0.938. The van der Waals surface area contributed by atoms with Crippen molar-refractivity contribution in [2.75, 3.05) is 32.7 Å². The molecule has 0 saturated carbocycles. The molecule has 0 aromatic carbocycles. The molecular formula is C16H31N3O2. The smallest absolute Gasteiger partial charge is 0.410 e. The normalized spacial score (nSPS) is 27.5. The average Bonchev–Trinajstić information content (AvgIpc) is 2.71. The number of amides is 1. The lowest BCUT2D eigenvalue weighted by Crippen LogP contribution is -2.39. The standard InChI is InChI=1S/C16H31N3O2/c1-16(2,3)21-15(20)19-10-7-14(12-19)18-11-13-5-4-8-17-9-6-13/h13-14,17-18H,4-12H2,1-3H3. The predicted octanol–water partition coefficient (Wildman–Crippen LogP) is 1.98. The summed E-state index contributed by atoms with van der Waals surface area (Å²) in [4.78, 5) is 13.9. The number of hydrogen-bond donors (Lipinski definition) is 2. The molecule has 0 aromatic rings. The molecule has 2 N–H and O–H groups in total. The van der Waals surface area contributed by atoms with Crippen LogP contribution in [0.1, 0.15) is 46.5 Å². The highest BCUT2D eigenvalue weighted by atomic mass is 16.6. The highest BCUT2D eigenvalue weighted by Gasteiger charge is 2.29. The fourth-order valence-corrected chi connectivity index (χ4v) is 3.05. The van der Waals surface area contributed by atoms with Crippen LogP contribution in [0.15, 0.2) is 0 Å². The van der Waals surface area contributed by atoms with Gasteiger partial charge in [0.1, 0.15) is 5.60 Å². The second-order valence-electron chi connectivity index (χ2n) is 7.37. The third-order valence-electron chi connectivity index (χ3n) is 4.23. The van der Waals surface area contributed by atoms with Crippen LogP contribution in [0.3, 0.4) is 0 Å². The number of rotatable bonds is 3. The third kappa shape index (κ3) is 5.83. The summed E-state index contributed by atoms with van der Waals surface area (Å²) in [6.45, 7) is 10.7. The summed E-state index contributed by atoms with van der Waals surface area (Å²) in [6.07, 6.45) is 4.70. The molecule has 2 heterocycles. The zero-order chi connectivity index (χ0) is 15.3. The second-order valence-corrected chi connectivity index (χ2v) is 7.37. The van der Waals surface area contributed by atoms with E-state index >= 15 is 0 Å². The van der Waals surface area contributed by atoms with Gasteiger partial charge >= 0.3 is 6.09 Å². The van der Waals surface area contributed by atoms with E-state index in [2.05, 4.69) is 10.6 Å². The van der Waals surface area contributed by atoms with Crippen LogP contribution in [-0.4, -0.2) is 55.4 Å². The van der Waals surface area contributed by atoms with Crippen molar-refractivity contribution in [3.63, 3.8) is 0 Å². The van der Waals surface area contributed by atoms with Gasteiger partial charge in [0.25, 0.3) is 0 Å². The zero-order valence-electron chi connectivity index (χ0n) is 13.8. The lowest BCUT2D eigenvalue weighted by Gasteiger charge is -2.24. The molecule has 2 rings (SSSR count). The van der Waals surface area contributed by atoms with Crippen LogP contribution in [-0.2, 0) is 4.74 Å². The van der Waals surface area contributed by atoms with Crippen molar-refractivity contribution >= 4 is 6.09 Å². The molecule has 2 unspecified atom stereocenters. The highest BCUT2D eigenvalue weighted by molar-refractivity contribution is 5.68. The van der Waals surface area contributed by atoms with E-state index in [9.17, 15) is 4.79 Å². The summed E-state index contributed by atoms with van der Waals surface area (Å²) in [6, 6.07) is 0.425. The Hall–Kier alpha value is -0.810. The molecule has 2 aliphatic heterocycles. The van der Waals surface area contributed by atoms with Crippen molar-refractivity contribution < 1.29 is 9.53 Å². The van der Waals surface area contributed by atoms with Crippen molar-refractivity contribution in [2.24, 2.45) is 5.92 Å². The van der Waals surface area contributed by atoms with Crippen molar-refractivity contribution in [1.82, 2.24) is 15.5 Å². The molecule has 2 atom stereocenters. The number of carbonyl (C=O) groups excluding carboxylic acids is 1. The molecular weight excluding hydrogens is 266 g/mol. The molecule has 122 valence electrons. The van der Waals surface area contributed by atoms with Gasteiger partial charge in [-0.3, -0.25) is 0 Å². The minimum absolute atomic E-state index is 0.175. The van der Waals surface area contributed by atoms with E-state index in [0.29, 0.717) is 6.04 Å². The number of nitrogens with one attached hydrogen (secondary N) is 2. The molecule has 0 radical (unpaired) electrons. The summed E-state index contributed by atoms with van der Waals surface area (Å²) in [5.74, 6) is 0.774. The minimum Gasteiger partial charge on any atom is -0.444 e. The molecule has 5 heteroatoms. The summed E-state index contributed by atoms with van der Waals surface area (Å²) in [5, 5.41) is 7.10. The summed E-state index contributed by atoms with van der Waals surface area (Å²) >= 11 is 0. The summed E-state index contributed by atoms with van der Waals surface area (Å²) in [5.41, 5.74) is -0.407. The molecule has 1 amide bonds. The maximum Gasteiger partial charge on any atom is 0.410 e. The van der Waals surface area contributed by atoms with E-state index in [1.54, 1.807) is 0 Å². The molecule has 2 aliphatic rings. The Morgan fingerprint density at radius 3 is 2.86 bits per heavy atom. The van der Waals surface area contributed by atoms with Crippen LogP contribution >= 0.6 is 0 Å².